The van der Waals surface area contributed by atoms with Gasteiger partial charge in [0.05, 0.1) is 7.11 Å². The Morgan fingerprint density at radius 3 is 2.50 bits per heavy atom. The minimum Gasteiger partial charge on any atom is -0.493 e. The molecule has 0 fully saturated rings. The van der Waals surface area contributed by atoms with Gasteiger partial charge in [-0.2, -0.15) is 8.78 Å². The monoisotopic (exact) mass is 509 g/mol. The van der Waals surface area contributed by atoms with Crippen molar-refractivity contribution < 1.29 is 22.6 Å². The molecule has 0 bridgehead atoms. The van der Waals surface area contributed by atoms with E-state index in [4.69, 9.17) is 4.74 Å². The van der Waals surface area contributed by atoms with Crippen molar-refractivity contribution in [3.63, 3.8) is 0 Å². The summed E-state index contributed by atoms with van der Waals surface area (Å²) >= 11 is 0. The van der Waals surface area contributed by atoms with Crippen molar-refractivity contribution in [1.82, 2.24) is 10.6 Å². The number of halogens is 4. The molecule has 0 aliphatic rings. The summed E-state index contributed by atoms with van der Waals surface area (Å²) in [5.74, 6) is 0.508. The lowest BCUT2D eigenvalue weighted by atomic mass is 10.1. The Labute approximate surface area is 179 Å². The summed E-state index contributed by atoms with van der Waals surface area (Å²) in [4.78, 5) is 4.10. The first kappa shape index (κ1) is 23.9. The van der Waals surface area contributed by atoms with Crippen LogP contribution in [0.5, 0.6) is 11.5 Å². The fraction of sp³-hybridized carbons (Fsp3) is 0.316. The largest absolute Gasteiger partial charge is 0.493 e. The van der Waals surface area contributed by atoms with Crippen molar-refractivity contribution in [2.45, 2.75) is 19.6 Å². The number of guanidine groups is 1. The molecule has 2 N–H and O–H groups in total. The van der Waals surface area contributed by atoms with Gasteiger partial charge in [-0.25, -0.2) is 4.39 Å². The molecule has 2 rings (SSSR count). The van der Waals surface area contributed by atoms with E-state index in [1.165, 1.54) is 25.3 Å². The maximum Gasteiger partial charge on any atom is 0.387 e. The summed E-state index contributed by atoms with van der Waals surface area (Å²) in [5, 5.41) is 6.20. The highest BCUT2D eigenvalue weighted by atomic mass is 127. The number of nitrogens with one attached hydrogen (secondary N) is 2. The Balaban J connectivity index is 0.00000392. The van der Waals surface area contributed by atoms with Gasteiger partial charge in [-0.15, -0.1) is 24.0 Å². The first-order valence-corrected chi connectivity index (χ1v) is 8.32. The highest BCUT2D eigenvalue weighted by Crippen LogP contribution is 2.29. The summed E-state index contributed by atoms with van der Waals surface area (Å²) in [7, 11) is 3.02. The van der Waals surface area contributed by atoms with Crippen LogP contribution in [0, 0.1) is 5.82 Å². The van der Waals surface area contributed by atoms with E-state index in [0.29, 0.717) is 25.5 Å². The predicted molar refractivity (Wildman–Crippen MR) is 113 cm³/mol. The lowest BCUT2D eigenvalue weighted by Gasteiger charge is -2.14. The van der Waals surface area contributed by atoms with Gasteiger partial charge >= 0.3 is 6.61 Å². The average Bonchev–Trinajstić information content (AvgIpc) is 2.64. The van der Waals surface area contributed by atoms with Crippen LogP contribution >= 0.6 is 24.0 Å². The van der Waals surface area contributed by atoms with Gasteiger partial charge in [0, 0.05) is 20.1 Å². The number of hydrogen-bond acceptors (Lipinski definition) is 3. The van der Waals surface area contributed by atoms with Gasteiger partial charge in [0.15, 0.2) is 17.5 Å². The molecule has 2 aromatic rings. The van der Waals surface area contributed by atoms with Crippen molar-refractivity contribution in [3.8, 4) is 11.5 Å². The van der Waals surface area contributed by atoms with Crippen LogP contribution in [0.2, 0.25) is 0 Å². The van der Waals surface area contributed by atoms with Crippen molar-refractivity contribution in [1.29, 1.82) is 0 Å². The molecule has 28 heavy (non-hydrogen) atoms. The number of aliphatic imine (C=N–C) groups is 1. The lowest BCUT2D eigenvalue weighted by Crippen LogP contribution is -2.37. The molecular formula is C19H23F3IN3O2. The third kappa shape index (κ3) is 7.83. The molecule has 0 spiro atoms. The molecule has 0 saturated carbocycles. The molecule has 0 atom stereocenters. The molecular weight excluding hydrogens is 486 g/mol. The SMILES string of the molecule is CN=C(NCCc1ccc(OC)c(OC(F)F)c1)NCc1cccc(F)c1.I. The molecule has 0 heterocycles. The smallest absolute Gasteiger partial charge is 0.387 e. The zero-order valence-electron chi connectivity index (χ0n) is 15.5. The maximum absolute atomic E-state index is 13.2. The Hall–Kier alpha value is -2.17. The number of alkyl halides is 2. The van der Waals surface area contributed by atoms with Crippen molar-refractivity contribution in [3.05, 3.63) is 59.4 Å². The molecule has 0 aromatic heterocycles. The second-order valence-corrected chi connectivity index (χ2v) is 5.60. The zero-order chi connectivity index (χ0) is 19.6. The molecule has 5 nitrogen and oxygen atoms in total. The normalized spacial score (nSPS) is 11.0. The van der Waals surface area contributed by atoms with Crippen LogP contribution in [0.1, 0.15) is 11.1 Å². The van der Waals surface area contributed by atoms with Crippen LogP contribution < -0.4 is 20.1 Å². The highest BCUT2D eigenvalue weighted by Gasteiger charge is 2.11. The molecule has 154 valence electrons. The summed E-state index contributed by atoms with van der Waals surface area (Å²) in [5.41, 5.74) is 1.60. The number of benzene rings is 2. The van der Waals surface area contributed by atoms with Gasteiger partial charge in [-0.3, -0.25) is 4.99 Å². The molecule has 0 aliphatic carbocycles. The molecule has 0 unspecified atom stereocenters. The molecule has 2 aromatic carbocycles. The van der Waals surface area contributed by atoms with E-state index in [1.807, 2.05) is 6.07 Å². The highest BCUT2D eigenvalue weighted by molar-refractivity contribution is 14.0. The van der Waals surface area contributed by atoms with Gasteiger partial charge < -0.3 is 20.1 Å². The van der Waals surface area contributed by atoms with Crippen LogP contribution in [0.4, 0.5) is 13.2 Å². The standard InChI is InChI=1S/C19H22F3N3O2.HI/c1-23-19(25-12-14-4-3-5-15(20)10-14)24-9-8-13-6-7-16(26-2)17(11-13)27-18(21)22;/h3-7,10-11,18H,8-9,12H2,1-2H3,(H2,23,24,25);1H. The number of nitrogens with zero attached hydrogens (tertiary/aromatic N) is 1. The van der Waals surface area contributed by atoms with E-state index in [9.17, 15) is 13.2 Å². The first-order chi connectivity index (χ1) is 13.0. The average molecular weight is 509 g/mol. The van der Waals surface area contributed by atoms with Gasteiger partial charge in [-0.05, 0) is 41.8 Å². The molecule has 0 radical (unpaired) electrons. The van der Waals surface area contributed by atoms with E-state index in [0.717, 1.165) is 11.1 Å². The van der Waals surface area contributed by atoms with E-state index in [2.05, 4.69) is 20.4 Å². The Kier molecular flexibility index (Phi) is 10.5. The second kappa shape index (κ2) is 12.3. The van der Waals surface area contributed by atoms with Crippen LogP contribution in [-0.4, -0.2) is 33.3 Å². The third-order valence-corrected chi connectivity index (χ3v) is 3.72. The summed E-state index contributed by atoms with van der Waals surface area (Å²) < 4.78 is 47.6. The molecule has 0 amide bonds. The van der Waals surface area contributed by atoms with Crippen molar-refractivity contribution in [2.24, 2.45) is 4.99 Å². The summed E-state index contributed by atoms with van der Waals surface area (Å²) in [6.45, 7) is -1.98. The Bertz CT molecular complexity index is 776. The fourth-order valence-corrected chi connectivity index (χ4v) is 2.44. The number of hydrogen-bond donors (Lipinski definition) is 2. The van der Waals surface area contributed by atoms with Crippen LogP contribution in [0.3, 0.4) is 0 Å². The zero-order valence-corrected chi connectivity index (χ0v) is 17.9. The minimum atomic E-state index is -2.92. The van der Waals surface area contributed by atoms with Crippen LogP contribution in [0.15, 0.2) is 47.5 Å². The van der Waals surface area contributed by atoms with Gasteiger partial charge in [-0.1, -0.05) is 18.2 Å². The third-order valence-electron chi connectivity index (χ3n) is 3.72. The van der Waals surface area contributed by atoms with E-state index >= 15 is 0 Å². The fourth-order valence-electron chi connectivity index (χ4n) is 2.44. The van der Waals surface area contributed by atoms with Gasteiger partial charge in [0.1, 0.15) is 5.82 Å². The van der Waals surface area contributed by atoms with Gasteiger partial charge in [0.25, 0.3) is 0 Å². The molecule has 0 aliphatic heterocycles. The van der Waals surface area contributed by atoms with Crippen molar-refractivity contribution >= 4 is 29.9 Å². The number of methoxy groups -OCH3 is 1. The van der Waals surface area contributed by atoms with Crippen molar-refractivity contribution in [2.75, 3.05) is 20.7 Å². The second-order valence-electron chi connectivity index (χ2n) is 5.60. The van der Waals surface area contributed by atoms with E-state index < -0.39 is 6.61 Å². The Morgan fingerprint density at radius 1 is 1.07 bits per heavy atom. The van der Waals surface area contributed by atoms with Crippen LogP contribution in [0.25, 0.3) is 0 Å². The summed E-state index contributed by atoms with van der Waals surface area (Å²) in [6, 6.07) is 11.2. The topological polar surface area (TPSA) is 54.9 Å². The quantitative estimate of drug-likeness (QED) is 0.322. The molecule has 9 heteroatoms. The summed E-state index contributed by atoms with van der Waals surface area (Å²) in [6.07, 6.45) is 0.560. The minimum absolute atomic E-state index is 0. The van der Waals surface area contributed by atoms with Crippen LogP contribution in [-0.2, 0) is 13.0 Å². The maximum atomic E-state index is 13.2. The van der Waals surface area contributed by atoms with E-state index in [-0.39, 0.29) is 41.3 Å². The van der Waals surface area contributed by atoms with E-state index in [1.54, 1.807) is 25.2 Å². The predicted octanol–water partition coefficient (Wildman–Crippen LogP) is 3.96. The Morgan fingerprint density at radius 2 is 1.86 bits per heavy atom. The van der Waals surface area contributed by atoms with Gasteiger partial charge in [0.2, 0.25) is 0 Å². The number of ether oxygens (including phenoxy) is 2. The first-order valence-electron chi connectivity index (χ1n) is 8.32. The number of rotatable bonds is 8. The molecule has 0 saturated heterocycles. The lowest BCUT2D eigenvalue weighted by molar-refractivity contribution is -0.0512.